The summed E-state index contributed by atoms with van der Waals surface area (Å²) in [5, 5.41) is 10.9. The molecule has 0 saturated carbocycles. The lowest BCUT2D eigenvalue weighted by molar-refractivity contribution is -0.138. The van der Waals surface area contributed by atoms with Gasteiger partial charge in [-0.15, -0.1) is 0 Å². The van der Waals surface area contributed by atoms with E-state index in [0.717, 1.165) is 0 Å². The molecule has 18 heavy (non-hydrogen) atoms. The average molecular weight is 251 g/mol. The normalized spacial score (nSPS) is 9.61. The number of hydrogen-bond donors (Lipinski definition) is 2. The Morgan fingerprint density at radius 1 is 1.22 bits per heavy atom. The number of rotatable bonds is 5. The highest BCUT2D eigenvalue weighted by molar-refractivity contribution is 6.01. The number of aliphatic carboxylic acids is 1. The SMILES string of the molecule is COC(=O)c1ccccc1NC(=O)CCC(=O)O. The molecule has 1 amide bonds. The minimum atomic E-state index is -1.05. The van der Waals surface area contributed by atoms with Crippen molar-refractivity contribution >= 4 is 23.5 Å². The maximum Gasteiger partial charge on any atom is 0.339 e. The average Bonchev–Trinajstić information content (AvgIpc) is 2.36. The molecule has 0 unspecified atom stereocenters. The number of carboxylic acid groups (broad SMARTS) is 1. The van der Waals surface area contributed by atoms with Crippen molar-refractivity contribution in [3.05, 3.63) is 29.8 Å². The van der Waals surface area contributed by atoms with Crippen molar-refractivity contribution in [2.75, 3.05) is 12.4 Å². The van der Waals surface area contributed by atoms with Gasteiger partial charge in [0.15, 0.2) is 0 Å². The van der Waals surface area contributed by atoms with Crippen molar-refractivity contribution < 1.29 is 24.2 Å². The molecule has 1 rings (SSSR count). The number of carbonyl (C=O) groups excluding carboxylic acids is 2. The van der Waals surface area contributed by atoms with Gasteiger partial charge in [-0.2, -0.15) is 0 Å². The van der Waals surface area contributed by atoms with Crippen molar-refractivity contribution in [3.8, 4) is 0 Å². The quantitative estimate of drug-likeness (QED) is 0.769. The number of anilines is 1. The summed E-state index contributed by atoms with van der Waals surface area (Å²) in [5.74, 6) is -2.08. The lowest BCUT2D eigenvalue weighted by Crippen LogP contribution is -2.16. The van der Waals surface area contributed by atoms with Crippen LogP contribution in [0.1, 0.15) is 23.2 Å². The first-order valence-corrected chi connectivity index (χ1v) is 5.23. The van der Waals surface area contributed by atoms with E-state index >= 15 is 0 Å². The van der Waals surface area contributed by atoms with Crippen molar-refractivity contribution in [2.45, 2.75) is 12.8 Å². The van der Waals surface area contributed by atoms with E-state index < -0.39 is 17.8 Å². The number of ether oxygens (including phenoxy) is 1. The molecular weight excluding hydrogens is 238 g/mol. The molecule has 0 atom stereocenters. The molecule has 0 spiro atoms. The van der Waals surface area contributed by atoms with Gasteiger partial charge in [0.1, 0.15) is 0 Å². The molecule has 0 aromatic heterocycles. The number of nitrogens with one attached hydrogen (secondary N) is 1. The fraction of sp³-hybridized carbons (Fsp3) is 0.250. The van der Waals surface area contributed by atoms with E-state index in [1.807, 2.05) is 0 Å². The number of carbonyl (C=O) groups is 3. The van der Waals surface area contributed by atoms with E-state index in [1.54, 1.807) is 18.2 Å². The molecule has 0 saturated heterocycles. The van der Waals surface area contributed by atoms with E-state index in [0.29, 0.717) is 5.69 Å². The summed E-state index contributed by atoms with van der Waals surface area (Å²) in [6, 6.07) is 6.35. The van der Waals surface area contributed by atoms with Crippen molar-refractivity contribution in [1.29, 1.82) is 0 Å². The van der Waals surface area contributed by atoms with Crippen LogP contribution in [0.2, 0.25) is 0 Å². The summed E-state index contributed by atoms with van der Waals surface area (Å²) >= 11 is 0. The highest BCUT2D eigenvalue weighted by atomic mass is 16.5. The molecule has 6 nitrogen and oxygen atoms in total. The van der Waals surface area contributed by atoms with Gasteiger partial charge in [-0.1, -0.05) is 12.1 Å². The van der Waals surface area contributed by atoms with Crippen LogP contribution in [0.25, 0.3) is 0 Å². The van der Waals surface area contributed by atoms with Gasteiger partial charge in [0.2, 0.25) is 5.91 Å². The van der Waals surface area contributed by atoms with Gasteiger partial charge in [-0.05, 0) is 12.1 Å². The third-order valence-electron chi connectivity index (χ3n) is 2.17. The zero-order chi connectivity index (χ0) is 13.5. The Hall–Kier alpha value is -2.37. The fourth-order valence-corrected chi connectivity index (χ4v) is 1.31. The molecule has 1 aromatic rings. The topological polar surface area (TPSA) is 92.7 Å². The summed E-state index contributed by atoms with van der Waals surface area (Å²) in [4.78, 5) is 33.2. The Labute approximate surface area is 104 Å². The Kier molecular flexibility index (Phi) is 4.86. The molecule has 2 N–H and O–H groups in total. The minimum absolute atomic E-state index is 0.148. The summed E-state index contributed by atoms with van der Waals surface area (Å²) < 4.78 is 4.57. The van der Waals surface area contributed by atoms with Crippen molar-refractivity contribution in [3.63, 3.8) is 0 Å². The van der Waals surface area contributed by atoms with Crippen LogP contribution in [0.5, 0.6) is 0 Å². The van der Waals surface area contributed by atoms with Gasteiger partial charge < -0.3 is 15.2 Å². The molecule has 0 aliphatic heterocycles. The number of methoxy groups -OCH3 is 1. The minimum Gasteiger partial charge on any atom is -0.481 e. The van der Waals surface area contributed by atoms with E-state index in [-0.39, 0.29) is 18.4 Å². The number of carboxylic acids is 1. The number of para-hydroxylation sites is 1. The molecule has 6 heteroatoms. The molecule has 0 radical (unpaired) electrons. The third-order valence-corrected chi connectivity index (χ3v) is 2.17. The monoisotopic (exact) mass is 251 g/mol. The van der Waals surface area contributed by atoms with Gasteiger partial charge in [-0.3, -0.25) is 9.59 Å². The Balaban J connectivity index is 2.75. The number of hydrogen-bond acceptors (Lipinski definition) is 4. The van der Waals surface area contributed by atoms with Crippen LogP contribution in [0.15, 0.2) is 24.3 Å². The molecule has 0 aliphatic rings. The predicted molar refractivity (Wildman–Crippen MR) is 63.3 cm³/mol. The lowest BCUT2D eigenvalue weighted by atomic mass is 10.1. The second kappa shape index (κ2) is 6.39. The second-order valence-corrected chi connectivity index (χ2v) is 3.48. The first-order chi connectivity index (χ1) is 8.54. The summed E-state index contributed by atoms with van der Waals surface area (Å²) in [7, 11) is 1.24. The first-order valence-electron chi connectivity index (χ1n) is 5.23. The maximum absolute atomic E-state index is 11.5. The van der Waals surface area contributed by atoms with Crippen LogP contribution in [-0.4, -0.2) is 30.1 Å². The third kappa shape index (κ3) is 3.89. The van der Waals surface area contributed by atoms with Crippen LogP contribution in [0.3, 0.4) is 0 Å². The zero-order valence-electron chi connectivity index (χ0n) is 9.80. The summed E-state index contributed by atoms with van der Waals surface area (Å²) in [6.07, 6.45) is -0.406. The number of benzene rings is 1. The van der Waals surface area contributed by atoms with Crippen LogP contribution in [0.4, 0.5) is 5.69 Å². The van der Waals surface area contributed by atoms with Crippen molar-refractivity contribution in [2.24, 2.45) is 0 Å². The first kappa shape index (κ1) is 13.7. The van der Waals surface area contributed by atoms with Gasteiger partial charge in [0.25, 0.3) is 0 Å². The summed E-state index contributed by atoms with van der Waals surface area (Å²) in [5.41, 5.74) is 0.531. The molecule has 96 valence electrons. The fourth-order valence-electron chi connectivity index (χ4n) is 1.31. The van der Waals surface area contributed by atoms with E-state index in [2.05, 4.69) is 10.1 Å². The molecule has 0 heterocycles. The highest BCUT2D eigenvalue weighted by Crippen LogP contribution is 2.16. The molecule has 0 aliphatic carbocycles. The van der Waals surface area contributed by atoms with Gasteiger partial charge in [0, 0.05) is 6.42 Å². The van der Waals surface area contributed by atoms with Crippen LogP contribution in [-0.2, 0) is 14.3 Å². The second-order valence-electron chi connectivity index (χ2n) is 3.48. The standard InChI is InChI=1S/C12H13NO5/c1-18-12(17)8-4-2-3-5-9(8)13-10(14)6-7-11(15)16/h2-5H,6-7H2,1H3,(H,13,14)(H,15,16). The summed E-state index contributed by atoms with van der Waals surface area (Å²) in [6.45, 7) is 0. The molecular formula is C12H13NO5. The Morgan fingerprint density at radius 3 is 2.50 bits per heavy atom. The highest BCUT2D eigenvalue weighted by Gasteiger charge is 2.13. The van der Waals surface area contributed by atoms with Gasteiger partial charge in [0.05, 0.1) is 24.8 Å². The van der Waals surface area contributed by atoms with Crippen LogP contribution < -0.4 is 5.32 Å². The van der Waals surface area contributed by atoms with Crippen molar-refractivity contribution in [1.82, 2.24) is 0 Å². The molecule has 0 fully saturated rings. The van der Waals surface area contributed by atoms with Crippen LogP contribution >= 0.6 is 0 Å². The Bertz CT molecular complexity index is 469. The van der Waals surface area contributed by atoms with Gasteiger partial charge >= 0.3 is 11.9 Å². The zero-order valence-corrected chi connectivity index (χ0v) is 9.80. The molecule has 0 bridgehead atoms. The van der Waals surface area contributed by atoms with Crippen LogP contribution in [0, 0.1) is 0 Å². The predicted octanol–water partition coefficient (Wildman–Crippen LogP) is 1.28. The van der Waals surface area contributed by atoms with Gasteiger partial charge in [-0.25, -0.2) is 4.79 Å². The van der Waals surface area contributed by atoms with E-state index in [1.165, 1.54) is 13.2 Å². The maximum atomic E-state index is 11.5. The lowest BCUT2D eigenvalue weighted by Gasteiger charge is -2.08. The number of amides is 1. The largest absolute Gasteiger partial charge is 0.481 e. The Morgan fingerprint density at radius 2 is 1.89 bits per heavy atom. The number of esters is 1. The van der Waals surface area contributed by atoms with E-state index in [4.69, 9.17) is 5.11 Å². The smallest absolute Gasteiger partial charge is 0.339 e. The molecule has 1 aromatic carbocycles. The van der Waals surface area contributed by atoms with E-state index in [9.17, 15) is 14.4 Å².